The van der Waals surface area contributed by atoms with Crippen molar-refractivity contribution in [3.8, 4) is 0 Å². The summed E-state index contributed by atoms with van der Waals surface area (Å²) >= 11 is 1.63. The van der Waals surface area contributed by atoms with Gasteiger partial charge in [0.2, 0.25) is 5.70 Å². The Balaban J connectivity index is 1.27. The fraction of sp³-hybridized carbons (Fsp3) is 0.516. The predicted octanol–water partition coefficient (Wildman–Crippen LogP) is 4.32. The summed E-state index contributed by atoms with van der Waals surface area (Å²) in [5.41, 5.74) is 4.48. The Morgan fingerprint density at radius 1 is 1.22 bits per heavy atom. The largest absolute Gasteiger partial charge is 0.501 e. The van der Waals surface area contributed by atoms with Crippen molar-refractivity contribution in [3.05, 3.63) is 68.9 Å². The van der Waals surface area contributed by atoms with Crippen LogP contribution in [0.25, 0.3) is 0 Å². The third-order valence-corrected chi connectivity index (χ3v) is 10.3. The van der Waals surface area contributed by atoms with Crippen LogP contribution in [0, 0.1) is 5.92 Å². The van der Waals surface area contributed by atoms with Gasteiger partial charge in [-0.1, -0.05) is 24.2 Å². The molecule has 2 fully saturated rings. The topological polar surface area (TPSA) is 74.7 Å². The van der Waals surface area contributed by atoms with E-state index in [0.29, 0.717) is 51.1 Å². The molecule has 0 saturated carbocycles. The number of fused-ring (bicyclic) bond motifs is 2. The number of likely N-dealkylation sites (tertiary alicyclic amines) is 1. The standard InChI is InChI=1S/C31H40N5O4S/c1-7-35-30(38)34-19-21-16-22(39-5)17-25(40-6)28(21)20(2)15-27(34)31(35)10-12-33(13-11-31)29(37)24-18-23(32-36(24,3)4)26-9-8-14-41-26/h8-9,14-16,18,20,25H,7,10-13,17,19H2,1-6H3/q+1. The second-order valence-corrected chi connectivity index (χ2v) is 12.8. The minimum absolute atomic E-state index is 0.0184. The molecule has 6 rings (SSSR count). The highest BCUT2D eigenvalue weighted by molar-refractivity contribution is 7.12. The first-order valence-electron chi connectivity index (χ1n) is 14.4. The number of amides is 3. The number of ether oxygens (including phenoxy) is 2. The van der Waals surface area contributed by atoms with E-state index < -0.39 is 5.54 Å². The van der Waals surface area contributed by atoms with E-state index in [4.69, 9.17) is 14.6 Å². The summed E-state index contributed by atoms with van der Waals surface area (Å²) in [5, 5.41) is 6.85. The van der Waals surface area contributed by atoms with Crippen LogP contribution in [0.3, 0.4) is 0 Å². The van der Waals surface area contributed by atoms with Gasteiger partial charge in [0.15, 0.2) is 0 Å². The quantitative estimate of drug-likeness (QED) is 0.488. The van der Waals surface area contributed by atoms with Crippen LogP contribution < -0.4 is 0 Å². The van der Waals surface area contributed by atoms with Crippen LogP contribution in [0.5, 0.6) is 0 Å². The van der Waals surface area contributed by atoms with Crippen LogP contribution in [0.1, 0.15) is 38.0 Å². The number of carbonyl (C=O) groups excluding carboxylic acids is 2. The molecule has 9 nitrogen and oxygen atoms in total. The summed E-state index contributed by atoms with van der Waals surface area (Å²) in [6.07, 6.45) is 8.33. The monoisotopic (exact) mass is 578 g/mol. The molecular weight excluding hydrogens is 538 g/mol. The number of hydrogen-bond acceptors (Lipinski definition) is 6. The Kier molecular flexibility index (Phi) is 6.99. The molecule has 0 aromatic carbocycles. The lowest BCUT2D eigenvalue weighted by atomic mass is 9.81. The number of methoxy groups -OCH3 is 2. The third-order valence-electron chi connectivity index (χ3n) is 9.37. The van der Waals surface area contributed by atoms with E-state index in [0.717, 1.165) is 27.6 Å². The molecule has 5 aliphatic rings. The van der Waals surface area contributed by atoms with Crippen LogP contribution in [0.2, 0.25) is 0 Å². The third kappa shape index (κ3) is 4.38. The summed E-state index contributed by atoms with van der Waals surface area (Å²) in [6, 6.07) is 4.08. The molecule has 1 aromatic rings. The fourth-order valence-corrected chi connectivity index (χ4v) is 7.99. The van der Waals surface area contributed by atoms with Crippen molar-refractivity contribution in [1.82, 2.24) is 14.7 Å². The van der Waals surface area contributed by atoms with Gasteiger partial charge in [0.1, 0.15) is 5.71 Å². The minimum atomic E-state index is -0.436. The number of nitrogens with zero attached hydrogens (tertiary/aromatic N) is 5. The van der Waals surface area contributed by atoms with E-state index in [-0.39, 0.29) is 28.6 Å². The van der Waals surface area contributed by atoms with Gasteiger partial charge in [0.25, 0.3) is 0 Å². The fourth-order valence-electron chi connectivity index (χ4n) is 7.31. The van der Waals surface area contributed by atoms with E-state index in [1.807, 2.05) is 52.4 Å². The number of hydrogen-bond donors (Lipinski definition) is 0. The molecule has 0 N–H and O–H groups in total. The maximum atomic E-state index is 13.9. The maximum Gasteiger partial charge on any atom is 0.325 e. The molecule has 4 aliphatic heterocycles. The molecule has 10 heteroatoms. The molecule has 0 bridgehead atoms. The van der Waals surface area contributed by atoms with Crippen LogP contribution in [-0.4, -0.2) is 103 Å². The summed E-state index contributed by atoms with van der Waals surface area (Å²) in [4.78, 5) is 34.8. The van der Waals surface area contributed by atoms with Crippen molar-refractivity contribution in [1.29, 1.82) is 0 Å². The molecule has 1 aromatic heterocycles. The summed E-state index contributed by atoms with van der Waals surface area (Å²) in [5.74, 6) is 1.01. The Bertz CT molecular complexity index is 1410. The first-order valence-corrected chi connectivity index (χ1v) is 15.3. The Morgan fingerprint density at radius 3 is 2.61 bits per heavy atom. The van der Waals surface area contributed by atoms with Gasteiger partial charge < -0.3 is 19.3 Å². The molecule has 2 saturated heterocycles. The second kappa shape index (κ2) is 10.3. The summed E-state index contributed by atoms with van der Waals surface area (Å²) < 4.78 is 11.7. The van der Waals surface area contributed by atoms with Gasteiger partial charge in [-0.25, -0.2) is 4.79 Å². The smallest absolute Gasteiger partial charge is 0.325 e. The van der Waals surface area contributed by atoms with E-state index in [2.05, 4.69) is 26.0 Å². The van der Waals surface area contributed by atoms with E-state index in [1.54, 1.807) is 25.6 Å². The first kappa shape index (κ1) is 27.9. The Hall–Kier alpha value is -3.21. The lowest BCUT2D eigenvalue weighted by Crippen LogP contribution is -2.55. The van der Waals surface area contributed by atoms with Gasteiger partial charge in [0, 0.05) is 50.9 Å². The van der Waals surface area contributed by atoms with Gasteiger partial charge in [0.05, 0.1) is 50.0 Å². The second-order valence-electron chi connectivity index (χ2n) is 11.9. The summed E-state index contributed by atoms with van der Waals surface area (Å²) in [6.45, 7) is 6.53. The van der Waals surface area contributed by atoms with Gasteiger partial charge in [-0.05, 0) is 48.4 Å². The molecule has 218 valence electrons. The minimum Gasteiger partial charge on any atom is -0.501 e. The predicted molar refractivity (Wildman–Crippen MR) is 159 cm³/mol. The van der Waals surface area contributed by atoms with Gasteiger partial charge in [-0.2, -0.15) is 4.59 Å². The van der Waals surface area contributed by atoms with E-state index in [9.17, 15) is 9.59 Å². The number of quaternary nitrogens is 1. The van der Waals surface area contributed by atoms with Crippen molar-refractivity contribution < 1.29 is 23.7 Å². The maximum absolute atomic E-state index is 13.9. The van der Waals surface area contributed by atoms with Crippen LogP contribution in [-0.2, 0) is 14.3 Å². The highest BCUT2D eigenvalue weighted by Crippen LogP contribution is 2.48. The zero-order chi connectivity index (χ0) is 29.1. The van der Waals surface area contributed by atoms with Crippen molar-refractivity contribution in [3.63, 3.8) is 0 Å². The van der Waals surface area contributed by atoms with E-state index >= 15 is 0 Å². The molecule has 2 atom stereocenters. The zero-order valence-electron chi connectivity index (χ0n) is 24.8. The molecule has 2 unspecified atom stereocenters. The average Bonchev–Trinajstić information content (AvgIpc) is 3.62. The lowest BCUT2D eigenvalue weighted by Gasteiger charge is -2.44. The molecule has 1 spiro atoms. The number of rotatable bonds is 5. The first-order chi connectivity index (χ1) is 19.6. The van der Waals surface area contributed by atoms with Gasteiger partial charge >= 0.3 is 11.9 Å². The zero-order valence-corrected chi connectivity index (χ0v) is 25.7. The van der Waals surface area contributed by atoms with Crippen molar-refractivity contribution in [2.24, 2.45) is 11.0 Å². The number of thiophene rings is 1. The van der Waals surface area contributed by atoms with Gasteiger partial charge in [-0.3, -0.25) is 9.69 Å². The molecule has 41 heavy (non-hydrogen) atoms. The average molecular weight is 579 g/mol. The van der Waals surface area contributed by atoms with Crippen LogP contribution in [0.4, 0.5) is 4.79 Å². The molecule has 0 radical (unpaired) electrons. The number of urea groups is 1. The van der Waals surface area contributed by atoms with Crippen LogP contribution >= 0.6 is 11.3 Å². The van der Waals surface area contributed by atoms with Gasteiger partial charge in [-0.15, -0.1) is 11.3 Å². The van der Waals surface area contributed by atoms with Crippen molar-refractivity contribution in [2.45, 2.75) is 44.8 Å². The van der Waals surface area contributed by atoms with Crippen LogP contribution in [0.15, 0.2) is 69.1 Å². The Morgan fingerprint density at radius 2 is 1.98 bits per heavy atom. The number of piperidine rings is 1. The molecule has 5 heterocycles. The van der Waals surface area contributed by atoms with Crippen molar-refractivity contribution in [2.75, 3.05) is 54.5 Å². The molecule has 1 aliphatic carbocycles. The highest BCUT2D eigenvalue weighted by Gasteiger charge is 2.56. The Labute approximate surface area is 246 Å². The number of allylic oxidation sites excluding steroid dienone is 2. The normalized spacial score (nSPS) is 26.8. The van der Waals surface area contributed by atoms with Crippen molar-refractivity contribution >= 4 is 29.0 Å². The lowest BCUT2D eigenvalue weighted by molar-refractivity contribution is -0.852. The molecular formula is C31H40N5O4S+. The van der Waals surface area contributed by atoms with E-state index in [1.165, 1.54) is 5.57 Å². The SMILES string of the molecule is CCN1C(=O)N2CC3=C(C(C)C=C2C12CCN(C(=O)C1=CC(c4cccs4)=N[N+]1(C)C)CC2)C(OC)CC(OC)=C3. The summed E-state index contributed by atoms with van der Waals surface area (Å²) in [7, 11) is 7.33. The highest BCUT2D eigenvalue weighted by atomic mass is 32.1. The number of carbonyl (C=O) groups is 2. The molecule has 3 amide bonds. The number of likely N-dealkylation sites (N-methyl/N-ethyl adjacent to an activating group) is 2.